The molecule has 152 valence electrons. The molecule has 2 aromatic carbocycles. The standard InChI is InChI=1S/C28H36N/c1-18-14-19(2)21(4)26(15-18)27-25-9-8-23(17-24(25)16-20(3)29(27)7)22-10-12-28(5,6)13-11-22/h8-9,14-17,22H,10-13H2,1-7H3/q+1. The second-order valence-corrected chi connectivity index (χ2v) is 10.2. The Morgan fingerprint density at radius 2 is 1.59 bits per heavy atom. The minimum atomic E-state index is 0.519. The predicted octanol–water partition coefficient (Wildman–Crippen LogP) is 7.25. The van der Waals surface area contributed by atoms with Gasteiger partial charge in [-0.05, 0) is 92.0 Å². The highest BCUT2D eigenvalue weighted by atomic mass is 14.9. The lowest BCUT2D eigenvalue weighted by Gasteiger charge is -2.34. The van der Waals surface area contributed by atoms with Crippen molar-refractivity contribution in [3.8, 4) is 11.3 Å². The molecule has 1 fully saturated rings. The number of nitrogens with zero attached hydrogens (tertiary/aromatic N) is 1. The molecule has 0 amide bonds. The van der Waals surface area contributed by atoms with Gasteiger partial charge in [0.1, 0.15) is 7.05 Å². The van der Waals surface area contributed by atoms with E-state index in [2.05, 4.69) is 89.6 Å². The summed E-state index contributed by atoms with van der Waals surface area (Å²) in [6.45, 7) is 13.8. The maximum absolute atomic E-state index is 2.48. The van der Waals surface area contributed by atoms with Gasteiger partial charge in [0.25, 0.3) is 0 Å². The van der Waals surface area contributed by atoms with Crippen LogP contribution in [0, 0.1) is 33.1 Å². The van der Waals surface area contributed by atoms with Gasteiger partial charge in [0, 0.05) is 13.0 Å². The van der Waals surface area contributed by atoms with Gasteiger partial charge in [-0.2, -0.15) is 4.57 Å². The molecule has 1 aliphatic rings. The Hall–Kier alpha value is -2.15. The average Bonchev–Trinajstić information content (AvgIpc) is 2.66. The highest BCUT2D eigenvalue weighted by Crippen LogP contribution is 2.43. The molecule has 1 heterocycles. The van der Waals surface area contributed by atoms with Gasteiger partial charge in [-0.15, -0.1) is 0 Å². The first-order valence-electron chi connectivity index (χ1n) is 11.2. The van der Waals surface area contributed by atoms with Gasteiger partial charge in [0.15, 0.2) is 5.69 Å². The van der Waals surface area contributed by atoms with Crippen LogP contribution in [0.2, 0.25) is 0 Å². The molecule has 1 heteroatoms. The smallest absolute Gasteiger partial charge is 0.198 e. The lowest BCUT2D eigenvalue weighted by molar-refractivity contribution is -0.665. The maximum Gasteiger partial charge on any atom is 0.220 e. The molecule has 0 bridgehead atoms. The van der Waals surface area contributed by atoms with Crippen LogP contribution in [-0.4, -0.2) is 0 Å². The molecule has 0 atom stereocenters. The fourth-order valence-electron chi connectivity index (χ4n) is 5.19. The van der Waals surface area contributed by atoms with Crippen LogP contribution < -0.4 is 4.57 Å². The van der Waals surface area contributed by atoms with Gasteiger partial charge in [0.05, 0.1) is 10.9 Å². The number of rotatable bonds is 2. The first-order valence-corrected chi connectivity index (χ1v) is 11.2. The Morgan fingerprint density at radius 3 is 2.28 bits per heavy atom. The third-order valence-electron chi connectivity index (χ3n) is 7.44. The van der Waals surface area contributed by atoms with E-state index in [0.29, 0.717) is 11.3 Å². The van der Waals surface area contributed by atoms with Crippen molar-refractivity contribution in [3.05, 3.63) is 64.3 Å². The van der Waals surface area contributed by atoms with Crippen molar-refractivity contribution in [2.45, 2.75) is 73.1 Å². The fourth-order valence-corrected chi connectivity index (χ4v) is 5.19. The summed E-state index contributed by atoms with van der Waals surface area (Å²) in [5.74, 6) is 0.716. The molecule has 1 aromatic heterocycles. The Morgan fingerprint density at radius 1 is 0.897 bits per heavy atom. The van der Waals surface area contributed by atoms with Crippen LogP contribution in [-0.2, 0) is 7.05 Å². The highest BCUT2D eigenvalue weighted by molar-refractivity contribution is 5.94. The zero-order valence-corrected chi connectivity index (χ0v) is 19.3. The third kappa shape index (κ3) is 3.72. The van der Waals surface area contributed by atoms with E-state index in [1.54, 1.807) is 0 Å². The van der Waals surface area contributed by atoms with Gasteiger partial charge in [-0.25, -0.2) is 0 Å². The molecule has 0 radical (unpaired) electrons. The van der Waals surface area contributed by atoms with E-state index >= 15 is 0 Å². The number of hydrogen-bond donors (Lipinski definition) is 0. The molecule has 3 aromatic rings. The Kier molecular flexibility index (Phi) is 5.05. The van der Waals surface area contributed by atoms with Crippen molar-refractivity contribution >= 4 is 10.8 Å². The highest BCUT2D eigenvalue weighted by Gasteiger charge is 2.28. The number of aromatic nitrogens is 1. The van der Waals surface area contributed by atoms with Gasteiger partial charge < -0.3 is 0 Å². The van der Waals surface area contributed by atoms with E-state index in [4.69, 9.17) is 0 Å². The van der Waals surface area contributed by atoms with E-state index in [9.17, 15) is 0 Å². The summed E-state index contributed by atoms with van der Waals surface area (Å²) < 4.78 is 2.37. The number of pyridine rings is 1. The van der Waals surface area contributed by atoms with Crippen LogP contribution in [0.3, 0.4) is 0 Å². The van der Waals surface area contributed by atoms with Crippen LogP contribution in [0.15, 0.2) is 36.4 Å². The summed E-state index contributed by atoms with van der Waals surface area (Å²) in [4.78, 5) is 0. The molecule has 0 aliphatic heterocycles. The normalized spacial score (nSPS) is 17.1. The third-order valence-corrected chi connectivity index (χ3v) is 7.44. The minimum Gasteiger partial charge on any atom is -0.198 e. The molecule has 29 heavy (non-hydrogen) atoms. The van der Waals surface area contributed by atoms with Crippen molar-refractivity contribution < 1.29 is 4.57 Å². The number of fused-ring (bicyclic) bond motifs is 1. The summed E-state index contributed by atoms with van der Waals surface area (Å²) in [7, 11) is 2.21. The monoisotopic (exact) mass is 386 g/mol. The zero-order valence-electron chi connectivity index (χ0n) is 19.3. The van der Waals surface area contributed by atoms with Crippen molar-refractivity contribution in [2.75, 3.05) is 0 Å². The first-order chi connectivity index (χ1) is 13.7. The van der Waals surface area contributed by atoms with Crippen LogP contribution in [0.1, 0.15) is 73.4 Å². The van der Waals surface area contributed by atoms with Crippen molar-refractivity contribution in [1.29, 1.82) is 0 Å². The lowest BCUT2D eigenvalue weighted by Crippen LogP contribution is -2.35. The fraction of sp³-hybridized carbons (Fsp3) is 0.464. The molecule has 1 nitrogen and oxygen atoms in total. The molecule has 0 saturated heterocycles. The summed E-state index contributed by atoms with van der Waals surface area (Å²) in [5.41, 5.74) is 10.2. The SMILES string of the molecule is Cc1cc(C)c(C)c(-c2c3ccc(C4CCC(C)(C)CC4)cc3cc(C)[n+]2C)c1. The first kappa shape index (κ1) is 20.1. The molecule has 0 spiro atoms. The van der Waals surface area contributed by atoms with Crippen LogP contribution in [0.5, 0.6) is 0 Å². The van der Waals surface area contributed by atoms with Gasteiger partial charge in [-0.1, -0.05) is 37.6 Å². The quantitative estimate of drug-likeness (QED) is 0.408. The molecule has 0 N–H and O–H groups in total. The summed E-state index contributed by atoms with van der Waals surface area (Å²) in [5, 5.41) is 2.75. The van der Waals surface area contributed by atoms with E-state index in [-0.39, 0.29) is 0 Å². The topological polar surface area (TPSA) is 3.88 Å². The second kappa shape index (κ2) is 7.27. The lowest BCUT2D eigenvalue weighted by atomic mass is 9.71. The molecular formula is C28H36N+. The van der Waals surface area contributed by atoms with E-state index < -0.39 is 0 Å². The predicted molar refractivity (Wildman–Crippen MR) is 124 cm³/mol. The van der Waals surface area contributed by atoms with Crippen molar-refractivity contribution in [1.82, 2.24) is 0 Å². The van der Waals surface area contributed by atoms with Gasteiger partial charge in [0.2, 0.25) is 5.69 Å². The van der Waals surface area contributed by atoms with E-state index in [1.165, 1.54) is 75.7 Å². The largest absolute Gasteiger partial charge is 0.220 e. The number of aryl methyl sites for hydroxylation is 3. The summed E-state index contributed by atoms with van der Waals surface area (Å²) >= 11 is 0. The van der Waals surface area contributed by atoms with E-state index in [1.807, 2.05) is 0 Å². The van der Waals surface area contributed by atoms with Crippen molar-refractivity contribution in [2.24, 2.45) is 12.5 Å². The summed E-state index contributed by atoms with van der Waals surface area (Å²) in [6, 6.07) is 14.3. The van der Waals surface area contributed by atoms with E-state index in [0.717, 1.165) is 0 Å². The number of benzene rings is 2. The molecular weight excluding hydrogens is 350 g/mol. The van der Waals surface area contributed by atoms with Crippen LogP contribution in [0.25, 0.3) is 22.0 Å². The maximum atomic E-state index is 2.48. The van der Waals surface area contributed by atoms with Gasteiger partial charge >= 0.3 is 0 Å². The minimum absolute atomic E-state index is 0.519. The number of hydrogen-bond acceptors (Lipinski definition) is 0. The second-order valence-electron chi connectivity index (χ2n) is 10.2. The Labute approximate surface area is 176 Å². The average molecular weight is 387 g/mol. The Balaban J connectivity index is 1.86. The van der Waals surface area contributed by atoms with Crippen LogP contribution >= 0.6 is 0 Å². The molecule has 4 rings (SSSR count). The summed E-state index contributed by atoms with van der Waals surface area (Å²) in [6.07, 6.45) is 5.32. The van der Waals surface area contributed by atoms with Gasteiger partial charge in [-0.3, -0.25) is 0 Å². The molecule has 0 unspecified atom stereocenters. The molecule has 1 saturated carbocycles. The Bertz CT molecular complexity index is 1080. The zero-order chi connectivity index (χ0) is 20.9. The molecule has 1 aliphatic carbocycles. The van der Waals surface area contributed by atoms with Crippen molar-refractivity contribution in [3.63, 3.8) is 0 Å². The van der Waals surface area contributed by atoms with Crippen LogP contribution in [0.4, 0.5) is 0 Å².